The molecule has 3 atom stereocenters. The smallest absolute Gasteiger partial charge is 0.225 e. The van der Waals surface area contributed by atoms with Gasteiger partial charge in [0.25, 0.3) is 0 Å². The van der Waals surface area contributed by atoms with Crippen LogP contribution in [0.1, 0.15) is 28.4 Å². The summed E-state index contributed by atoms with van der Waals surface area (Å²) >= 11 is 0. The van der Waals surface area contributed by atoms with E-state index in [2.05, 4.69) is 20.6 Å². The third-order valence-corrected chi connectivity index (χ3v) is 6.18. The number of ketones is 1. The first-order valence-electron chi connectivity index (χ1n) is 10.7. The van der Waals surface area contributed by atoms with Crippen molar-refractivity contribution in [1.82, 2.24) is 20.6 Å². The van der Waals surface area contributed by atoms with Gasteiger partial charge in [-0.15, -0.1) is 0 Å². The van der Waals surface area contributed by atoms with Crippen LogP contribution < -0.4 is 16.4 Å². The molecule has 3 aromatic rings. The number of anilines is 1. The van der Waals surface area contributed by atoms with E-state index in [9.17, 15) is 14.4 Å². The molecule has 2 aromatic heterocycles. The molecule has 168 valence electrons. The molecule has 0 saturated heterocycles. The van der Waals surface area contributed by atoms with Gasteiger partial charge in [-0.05, 0) is 41.5 Å². The maximum absolute atomic E-state index is 13.5. The molecule has 0 unspecified atom stereocenters. The zero-order valence-electron chi connectivity index (χ0n) is 18.2. The fourth-order valence-electron chi connectivity index (χ4n) is 4.24. The Morgan fingerprint density at radius 3 is 2.09 bits per heavy atom. The van der Waals surface area contributed by atoms with Gasteiger partial charge >= 0.3 is 0 Å². The first-order chi connectivity index (χ1) is 15.9. The summed E-state index contributed by atoms with van der Waals surface area (Å²) in [5, 5.41) is 5.70. The summed E-state index contributed by atoms with van der Waals surface area (Å²) in [6, 6.07) is 13.9. The van der Waals surface area contributed by atoms with Gasteiger partial charge in [-0.2, -0.15) is 0 Å². The molecule has 0 spiro atoms. The van der Waals surface area contributed by atoms with E-state index in [0.717, 1.165) is 11.1 Å². The number of amides is 2. The van der Waals surface area contributed by atoms with Gasteiger partial charge in [-0.3, -0.25) is 24.4 Å². The highest BCUT2D eigenvalue weighted by Crippen LogP contribution is 2.60. The van der Waals surface area contributed by atoms with Crippen molar-refractivity contribution in [2.75, 3.05) is 5.73 Å². The number of para-hydroxylation sites is 1. The van der Waals surface area contributed by atoms with Gasteiger partial charge in [0, 0.05) is 49.1 Å². The summed E-state index contributed by atoms with van der Waals surface area (Å²) in [7, 11) is 0. The van der Waals surface area contributed by atoms with Crippen molar-refractivity contribution in [3.05, 3.63) is 90.0 Å². The van der Waals surface area contributed by atoms with Gasteiger partial charge in [0.1, 0.15) is 0 Å². The van der Waals surface area contributed by atoms with E-state index in [0.29, 0.717) is 11.3 Å². The molecule has 8 nitrogen and oxygen atoms in total. The predicted octanol–water partition coefficient (Wildman–Crippen LogP) is 2.13. The van der Waals surface area contributed by atoms with Crippen LogP contribution in [0.25, 0.3) is 0 Å². The zero-order valence-corrected chi connectivity index (χ0v) is 18.2. The number of pyridine rings is 2. The number of nitrogen functional groups attached to an aromatic ring is 1. The van der Waals surface area contributed by atoms with E-state index in [1.807, 2.05) is 6.07 Å². The lowest BCUT2D eigenvalue weighted by molar-refractivity contribution is -0.127. The van der Waals surface area contributed by atoms with Gasteiger partial charge < -0.3 is 16.4 Å². The second kappa shape index (κ2) is 9.20. The maximum Gasteiger partial charge on any atom is 0.225 e. The van der Waals surface area contributed by atoms with E-state index < -0.39 is 17.3 Å². The molecule has 4 N–H and O–H groups in total. The number of nitrogens with two attached hydrogens (primary N) is 1. The second-order valence-electron chi connectivity index (χ2n) is 8.31. The molecule has 0 radical (unpaired) electrons. The fraction of sp³-hybridized carbons (Fsp3) is 0.240. The minimum absolute atomic E-state index is 0.256. The van der Waals surface area contributed by atoms with E-state index in [1.165, 1.54) is 0 Å². The third kappa shape index (κ3) is 4.45. The summed E-state index contributed by atoms with van der Waals surface area (Å²) in [6.45, 7) is 2.19. The summed E-state index contributed by atoms with van der Waals surface area (Å²) in [5.74, 6) is -2.63. The number of rotatable bonds is 8. The van der Waals surface area contributed by atoms with Crippen LogP contribution in [-0.4, -0.2) is 27.6 Å². The van der Waals surface area contributed by atoms with E-state index >= 15 is 0 Å². The van der Waals surface area contributed by atoms with Crippen LogP contribution in [0.5, 0.6) is 0 Å². The third-order valence-electron chi connectivity index (χ3n) is 6.18. The van der Waals surface area contributed by atoms with Gasteiger partial charge in [0.15, 0.2) is 5.78 Å². The average molecular weight is 444 g/mol. The molecule has 1 saturated carbocycles. The highest BCUT2D eigenvalue weighted by molar-refractivity contribution is 6.13. The molecule has 8 heteroatoms. The van der Waals surface area contributed by atoms with Crippen LogP contribution in [-0.2, 0) is 22.7 Å². The number of benzene rings is 1. The highest BCUT2D eigenvalue weighted by atomic mass is 16.2. The molecule has 1 aliphatic carbocycles. The lowest BCUT2D eigenvalue weighted by Crippen LogP contribution is -2.29. The van der Waals surface area contributed by atoms with Crippen LogP contribution in [0.4, 0.5) is 5.69 Å². The Morgan fingerprint density at radius 2 is 1.48 bits per heavy atom. The van der Waals surface area contributed by atoms with Crippen LogP contribution in [0.2, 0.25) is 0 Å². The summed E-state index contributed by atoms with van der Waals surface area (Å²) in [4.78, 5) is 47.7. The molecule has 1 aromatic carbocycles. The van der Waals surface area contributed by atoms with Gasteiger partial charge in [-0.25, -0.2) is 0 Å². The number of hydrogen-bond acceptors (Lipinski definition) is 6. The Bertz CT molecular complexity index is 1110. The topological polar surface area (TPSA) is 127 Å². The summed E-state index contributed by atoms with van der Waals surface area (Å²) in [6.07, 6.45) is 6.58. The lowest BCUT2D eigenvalue weighted by atomic mass is 9.91. The second-order valence-corrected chi connectivity index (χ2v) is 8.31. The molecular formula is C25H25N5O3. The van der Waals surface area contributed by atoms with Crippen molar-refractivity contribution in [3.8, 4) is 0 Å². The molecule has 2 amide bonds. The number of nitrogens with one attached hydrogen (secondary N) is 2. The SMILES string of the molecule is C[C@@]1(C(=O)c2ccccc2N)[C@H](C(=O)NCc2ccncc2)[C@@H]1C(=O)NCc1cccnc1. The van der Waals surface area contributed by atoms with Gasteiger partial charge in [0.05, 0.1) is 17.3 Å². The zero-order chi connectivity index (χ0) is 23.4. The maximum atomic E-state index is 13.5. The van der Waals surface area contributed by atoms with Gasteiger partial charge in [0.2, 0.25) is 11.8 Å². The van der Waals surface area contributed by atoms with Crippen LogP contribution in [0.15, 0.2) is 73.3 Å². The van der Waals surface area contributed by atoms with E-state index in [1.54, 1.807) is 74.2 Å². The first-order valence-corrected chi connectivity index (χ1v) is 10.7. The average Bonchev–Trinajstić information content (AvgIpc) is 3.49. The molecule has 33 heavy (non-hydrogen) atoms. The van der Waals surface area contributed by atoms with Crippen molar-refractivity contribution in [2.45, 2.75) is 20.0 Å². The number of hydrogen-bond donors (Lipinski definition) is 3. The van der Waals surface area contributed by atoms with Crippen molar-refractivity contribution >= 4 is 23.3 Å². The monoisotopic (exact) mass is 443 g/mol. The van der Waals surface area contributed by atoms with Crippen molar-refractivity contribution in [3.63, 3.8) is 0 Å². The molecule has 1 aliphatic rings. The lowest BCUT2D eigenvalue weighted by Gasteiger charge is -2.13. The largest absolute Gasteiger partial charge is 0.398 e. The number of carbonyl (C=O) groups is 3. The van der Waals surface area contributed by atoms with Crippen molar-refractivity contribution in [1.29, 1.82) is 0 Å². The fourth-order valence-corrected chi connectivity index (χ4v) is 4.24. The van der Waals surface area contributed by atoms with Crippen LogP contribution in [0.3, 0.4) is 0 Å². The quantitative estimate of drug-likeness (QED) is 0.362. The van der Waals surface area contributed by atoms with E-state index in [4.69, 9.17) is 5.73 Å². The standard InChI is InChI=1S/C25H25N5O3/c1-25(22(31)18-6-2-3-7-19(18)26)20(23(32)29-14-16-8-11-27-12-9-16)21(25)24(33)30-15-17-5-4-10-28-13-17/h2-13,20-21H,14-15,26H2,1H3,(H,29,32)(H,30,33)/t20-,21+,25+/m0/s1. The van der Waals surface area contributed by atoms with Crippen LogP contribution >= 0.6 is 0 Å². The number of carbonyl (C=O) groups excluding carboxylic acids is 3. The minimum atomic E-state index is -1.20. The number of aromatic nitrogens is 2. The summed E-state index contributed by atoms with van der Waals surface area (Å²) < 4.78 is 0. The van der Waals surface area contributed by atoms with Crippen molar-refractivity contribution < 1.29 is 14.4 Å². The Hall–Kier alpha value is -4.07. The number of Topliss-reactive ketones (excluding diaryl/α,β-unsaturated/α-hetero) is 1. The Labute approximate surface area is 191 Å². The Morgan fingerprint density at radius 1 is 0.848 bits per heavy atom. The molecule has 4 rings (SSSR count). The van der Waals surface area contributed by atoms with E-state index in [-0.39, 0.29) is 30.7 Å². The van der Waals surface area contributed by atoms with Crippen LogP contribution in [0, 0.1) is 17.3 Å². The molecule has 2 heterocycles. The Kier molecular flexibility index (Phi) is 6.17. The predicted molar refractivity (Wildman–Crippen MR) is 122 cm³/mol. The van der Waals surface area contributed by atoms with Crippen molar-refractivity contribution in [2.24, 2.45) is 17.3 Å². The normalized spacial score (nSPS) is 21.1. The molecular weight excluding hydrogens is 418 g/mol. The minimum Gasteiger partial charge on any atom is -0.398 e. The molecule has 1 fully saturated rings. The number of nitrogens with zero attached hydrogens (tertiary/aromatic N) is 2. The Balaban J connectivity index is 1.54. The summed E-state index contributed by atoms with van der Waals surface area (Å²) in [5.41, 5.74) is 7.16. The first kappa shape index (κ1) is 22.1. The highest BCUT2D eigenvalue weighted by Gasteiger charge is 2.72. The molecule has 0 aliphatic heterocycles. The molecule has 0 bridgehead atoms. The van der Waals surface area contributed by atoms with Gasteiger partial charge in [-0.1, -0.05) is 25.1 Å².